The second-order valence-electron chi connectivity index (χ2n) is 11.7. The SMILES string of the molecule is COC(=O)C(CCSC)NC(=O)CN(Cc1cccc2ccccc12)CC(CC(C)C)NC(=O)CCCc1ccc(N)cc1. The van der Waals surface area contributed by atoms with E-state index in [0.29, 0.717) is 31.8 Å². The molecule has 44 heavy (non-hydrogen) atoms. The zero-order valence-corrected chi connectivity index (χ0v) is 27.3. The third-order valence-electron chi connectivity index (χ3n) is 7.52. The van der Waals surface area contributed by atoms with Gasteiger partial charge in [0.1, 0.15) is 6.04 Å². The van der Waals surface area contributed by atoms with Crippen molar-refractivity contribution in [3.63, 3.8) is 0 Å². The number of carbonyl (C=O) groups excluding carboxylic acids is 3. The molecule has 0 aliphatic heterocycles. The molecule has 3 aromatic carbocycles. The first-order valence-electron chi connectivity index (χ1n) is 15.4. The van der Waals surface area contributed by atoms with E-state index in [4.69, 9.17) is 10.5 Å². The number of esters is 1. The van der Waals surface area contributed by atoms with Crippen LogP contribution in [0.3, 0.4) is 0 Å². The Kier molecular flexibility index (Phi) is 14.5. The summed E-state index contributed by atoms with van der Waals surface area (Å²) in [5, 5.41) is 8.41. The van der Waals surface area contributed by atoms with Gasteiger partial charge in [0.15, 0.2) is 0 Å². The predicted octanol–water partition coefficient (Wildman–Crippen LogP) is 5.19. The van der Waals surface area contributed by atoms with Crippen molar-refractivity contribution in [3.05, 3.63) is 77.9 Å². The number of benzene rings is 3. The van der Waals surface area contributed by atoms with Crippen LogP contribution in [0.4, 0.5) is 5.69 Å². The van der Waals surface area contributed by atoms with Crippen molar-refractivity contribution in [3.8, 4) is 0 Å². The second-order valence-corrected chi connectivity index (χ2v) is 12.7. The minimum atomic E-state index is -0.702. The molecule has 0 aliphatic carbocycles. The van der Waals surface area contributed by atoms with Crippen LogP contribution < -0.4 is 16.4 Å². The number of nitrogens with two attached hydrogens (primary N) is 1. The predicted molar refractivity (Wildman–Crippen MR) is 181 cm³/mol. The summed E-state index contributed by atoms with van der Waals surface area (Å²) >= 11 is 1.61. The van der Waals surface area contributed by atoms with Gasteiger partial charge in [-0.25, -0.2) is 4.79 Å². The van der Waals surface area contributed by atoms with Gasteiger partial charge in [-0.1, -0.05) is 68.4 Å². The fourth-order valence-corrected chi connectivity index (χ4v) is 5.89. The average molecular weight is 621 g/mol. The van der Waals surface area contributed by atoms with Gasteiger partial charge in [0, 0.05) is 31.2 Å². The van der Waals surface area contributed by atoms with Crippen LogP contribution in [0.25, 0.3) is 10.8 Å². The van der Waals surface area contributed by atoms with Crippen LogP contribution >= 0.6 is 11.8 Å². The standard InChI is InChI=1S/C35H48N4O4S/c1-25(2)21-30(37-33(40)14-7-9-26-15-17-29(36)18-16-26)23-39(22-28-12-8-11-27-10-5-6-13-31(27)28)24-34(41)38-32(19-20-44-4)35(42)43-3/h5-6,8,10-13,15-18,25,30,32H,7,9,14,19-24,36H2,1-4H3,(H,37,40)(H,38,41). The molecule has 0 aliphatic rings. The average Bonchev–Trinajstić information content (AvgIpc) is 2.99. The number of anilines is 1. The summed E-state index contributed by atoms with van der Waals surface area (Å²) in [6.07, 6.45) is 5.18. The number of carbonyl (C=O) groups is 3. The highest BCUT2D eigenvalue weighted by molar-refractivity contribution is 7.98. The van der Waals surface area contributed by atoms with Crippen molar-refractivity contribution in [2.45, 2.75) is 64.6 Å². The maximum Gasteiger partial charge on any atom is 0.328 e. The summed E-state index contributed by atoms with van der Waals surface area (Å²) in [5.41, 5.74) is 8.77. The number of thioether (sulfide) groups is 1. The number of rotatable bonds is 18. The first-order chi connectivity index (χ1) is 21.2. The van der Waals surface area contributed by atoms with Crippen molar-refractivity contribution in [1.82, 2.24) is 15.5 Å². The summed E-state index contributed by atoms with van der Waals surface area (Å²) < 4.78 is 4.95. The van der Waals surface area contributed by atoms with Crippen LogP contribution in [-0.2, 0) is 32.1 Å². The largest absolute Gasteiger partial charge is 0.467 e. The van der Waals surface area contributed by atoms with E-state index in [1.165, 1.54) is 7.11 Å². The zero-order valence-electron chi connectivity index (χ0n) is 26.5. The van der Waals surface area contributed by atoms with Gasteiger partial charge < -0.3 is 21.1 Å². The van der Waals surface area contributed by atoms with E-state index < -0.39 is 12.0 Å². The maximum atomic E-state index is 13.4. The lowest BCUT2D eigenvalue weighted by Gasteiger charge is -2.30. The normalized spacial score (nSPS) is 12.7. The molecule has 0 saturated heterocycles. The Hall–Kier alpha value is -3.56. The minimum Gasteiger partial charge on any atom is -0.467 e. The third-order valence-corrected chi connectivity index (χ3v) is 8.17. The topological polar surface area (TPSA) is 114 Å². The molecule has 0 bridgehead atoms. The van der Waals surface area contributed by atoms with Crippen molar-refractivity contribution in [1.29, 1.82) is 0 Å². The molecule has 3 rings (SSSR count). The molecule has 0 radical (unpaired) electrons. The number of fused-ring (bicyclic) bond motifs is 1. The second kappa shape index (κ2) is 18.3. The van der Waals surface area contributed by atoms with Crippen molar-refractivity contribution >= 4 is 46.0 Å². The molecule has 2 amide bonds. The van der Waals surface area contributed by atoms with Gasteiger partial charge in [-0.05, 0) is 77.6 Å². The fraction of sp³-hybridized carbons (Fsp3) is 0.457. The van der Waals surface area contributed by atoms with Crippen LogP contribution in [0.1, 0.15) is 50.7 Å². The molecular formula is C35H48N4O4S. The van der Waals surface area contributed by atoms with E-state index in [1.54, 1.807) is 11.8 Å². The van der Waals surface area contributed by atoms with E-state index >= 15 is 0 Å². The number of ether oxygens (including phenoxy) is 1. The van der Waals surface area contributed by atoms with Crippen molar-refractivity contribution in [2.24, 2.45) is 5.92 Å². The van der Waals surface area contributed by atoms with Gasteiger partial charge in [-0.15, -0.1) is 0 Å². The number of hydrogen-bond donors (Lipinski definition) is 3. The molecule has 9 heteroatoms. The Morgan fingerprint density at radius 2 is 1.68 bits per heavy atom. The molecule has 0 spiro atoms. The van der Waals surface area contributed by atoms with Gasteiger partial charge in [0.05, 0.1) is 13.7 Å². The summed E-state index contributed by atoms with van der Waals surface area (Å²) in [6, 6.07) is 21.3. The highest BCUT2D eigenvalue weighted by Gasteiger charge is 2.25. The molecule has 8 nitrogen and oxygen atoms in total. The van der Waals surface area contributed by atoms with Gasteiger partial charge >= 0.3 is 5.97 Å². The Balaban J connectivity index is 1.75. The molecule has 0 aromatic heterocycles. The number of hydrogen-bond acceptors (Lipinski definition) is 7. The van der Waals surface area contributed by atoms with Crippen LogP contribution in [0.15, 0.2) is 66.7 Å². The smallest absolute Gasteiger partial charge is 0.328 e. The van der Waals surface area contributed by atoms with E-state index in [0.717, 1.165) is 52.6 Å². The Bertz CT molecular complexity index is 1340. The van der Waals surface area contributed by atoms with Crippen LogP contribution in [0.2, 0.25) is 0 Å². The molecular weight excluding hydrogens is 572 g/mol. The third kappa shape index (κ3) is 11.8. The summed E-state index contributed by atoms with van der Waals surface area (Å²) in [5.74, 6) is 0.374. The molecule has 0 heterocycles. The lowest BCUT2D eigenvalue weighted by Crippen LogP contribution is -2.49. The van der Waals surface area contributed by atoms with E-state index in [1.807, 2.05) is 48.7 Å². The van der Waals surface area contributed by atoms with Crippen LogP contribution in [0, 0.1) is 5.92 Å². The lowest BCUT2D eigenvalue weighted by molar-refractivity contribution is -0.145. The van der Waals surface area contributed by atoms with E-state index in [9.17, 15) is 14.4 Å². The molecule has 0 fully saturated rings. The minimum absolute atomic E-state index is 0.00322. The van der Waals surface area contributed by atoms with E-state index in [-0.39, 0.29) is 24.4 Å². The van der Waals surface area contributed by atoms with E-state index in [2.05, 4.69) is 53.6 Å². The number of nitrogens with one attached hydrogen (secondary N) is 2. The van der Waals surface area contributed by atoms with Gasteiger partial charge in [0.25, 0.3) is 0 Å². The summed E-state index contributed by atoms with van der Waals surface area (Å²) in [4.78, 5) is 40.9. The Morgan fingerprint density at radius 3 is 2.39 bits per heavy atom. The maximum absolute atomic E-state index is 13.4. The Labute approximate surface area is 266 Å². The Morgan fingerprint density at radius 1 is 0.955 bits per heavy atom. The summed E-state index contributed by atoms with van der Waals surface area (Å²) in [6.45, 7) is 5.36. The number of methoxy groups -OCH3 is 1. The van der Waals surface area contributed by atoms with Gasteiger partial charge in [-0.2, -0.15) is 11.8 Å². The monoisotopic (exact) mass is 620 g/mol. The van der Waals surface area contributed by atoms with Crippen LogP contribution in [-0.4, -0.2) is 67.0 Å². The summed E-state index contributed by atoms with van der Waals surface area (Å²) in [7, 11) is 1.34. The fourth-order valence-electron chi connectivity index (χ4n) is 5.42. The number of nitrogen functional groups attached to an aromatic ring is 1. The lowest BCUT2D eigenvalue weighted by atomic mass is 10.0. The number of aryl methyl sites for hydroxylation is 1. The highest BCUT2D eigenvalue weighted by Crippen LogP contribution is 2.21. The first kappa shape index (κ1) is 34.9. The molecule has 2 atom stereocenters. The molecule has 4 N–H and O–H groups in total. The van der Waals surface area contributed by atoms with Crippen molar-refractivity contribution < 1.29 is 19.1 Å². The van der Waals surface area contributed by atoms with Crippen LogP contribution in [0.5, 0.6) is 0 Å². The van der Waals surface area contributed by atoms with Gasteiger partial charge in [-0.3, -0.25) is 14.5 Å². The zero-order chi connectivity index (χ0) is 31.9. The number of amides is 2. The quantitative estimate of drug-likeness (QED) is 0.133. The molecule has 3 aromatic rings. The highest BCUT2D eigenvalue weighted by atomic mass is 32.2. The number of nitrogens with zero attached hydrogens (tertiary/aromatic N) is 1. The molecule has 0 saturated carbocycles. The molecule has 2 unspecified atom stereocenters. The van der Waals surface area contributed by atoms with Gasteiger partial charge in [0.2, 0.25) is 11.8 Å². The van der Waals surface area contributed by atoms with Crippen molar-refractivity contribution in [2.75, 3.05) is 37.9 Å². The first-order valence-corrected chi connectivity index (χ1v) is 16.8. The molecule has 238 valence electrons.